The summed E-state index contributed by atoms with van der Waals surface area (Å²) in [5, 5.41) is 4.40. The minimum Gasteiger partial charge on any atom is -0.310 e. The minimum absolute atomic E-state index is 0.0386. The lowest BCUT2D eigenvalue weighted by molar-refractivity contribution is -0.116. The van der Waals surface area contributed by atoms with Crippen molar-refractivity contribution in [1.82, 2.24) is 4.98 Å². The van der Waals surface area contributed by atoms with E-state index >= 15 is 0 Å². The quantitative estimate of drug-likeness (QED) is 0.912. The number of rotatable bonds is 2. The van der Waals surface area contributed by atoms with Crippen LogP contribution in [0.1, 0.15) is 23.3 Å². The normalized spacial score (nSPS) is 14.4. The molecule has 0 bridgehead atoms. The molecule has 0 atom stereocenters. The number of halogens is 2. The fourth-order valence-corrected chi connectivity index (χ4v) is 2.80. The molecule has 1 aliphatic heterocycles. The molecule has 0 aromatic carbocycles. The van der Waals surface area contributed by atoms with Crippen molar-refractivity contribution in [3.63, 3.8) is 0 Å². The van der Waals surface area contributed by atoms with Gasteiger partial charge >= 0.3 is 0 Å². The average molecular weight is 280 g/mol. The second-order valence-electron chi connectivity index (χ2n) is 4.32. The third-order valence-electron chi connectivity index (χ3n) is 3.01. The van der Waals surface area contributed by atoms with Crippen molar-refractivity contribution >= 4 is 23.1 Å². The molecule has 0 fully saturated rings. The number of carbonyl (C=O) groups is 1. The van der Waals surface area contributed by atoms with Crippen LogP contribution in [-0.2, 0) is 11.2 Å². The van der Waals surface area contributed by atoms with Crippen molar-refractivity contribution in [2.45, 2.75) is 19.3 Å². The number of aryl methyl sites for hydroxylation is 1. The molecule has 0 aliphatic carbocycles. The molecule has 19 heavy (non-hydrogen) atoms. The Hall–Kier alpha value is -1.82. The van der Waals surface area contributed by atoms with Gasteiger partial charge in [-0.05, 0) is 35.1 Å². The number of anilines is 1. The van der Waals surface area contributed by atoms with Crippen LogP contribution in [0.15, 0.2) is 23.7 Å². The molecule has 2 aromatic heterocycles. The predicted octanol–water partition coefficient (Wildman–Crippen LogP) is 3.63. The summed E-state index contributed by atoms with van der Waals surface area (Å²) in [6.07, 6.45) is 0.225. The van der Waals surface area contributed by atoms with Crippen LogP contribution in [0.3, 0.4) is 0 Å². The van der Waals surface area contributed by atoms with Crippen molar-refractivity contribution in [1.29, 1.82) is 0 Å². The molecule has 3 nitrogen and oxygen atoms in total. The summed E-state index contributed by atoms with van der Waals surface area (Å²) in [6, 6.07) is 3.39. The number of amides is 1. The Balaban J connectivity index is 1.95. The highest BCUT2D eigenvalue weighted by Crippen LogP contribution is 2.33. The monoisotopic (exact) mass is 280 g/mol. The maximum absolute atomic E-state index is 12.6. The molecular formula is C13H10F2N2OS. The summed E-state index contributed by atoms with van der Waals surface area (Å²) in [6.45, 7) is 0. The number of nitrogens with one attached hydrogen (secondary N) is 1. The summed E-state index contributed by atoms with van der Waals surface area (Å²) in [5.74, 6) is 0.535. The number of hydrogen-bond donors (Lipinski definition) is 1. The number of carbonyl (C=O) groups excluding carboxylic acids is 1. The number of alkyl halides is 2. The standard InChI is InChI=1S/C13H10F2N2OS/c14-12(15)10-4-9(6-19-10)8-3-7-1-2-11(18)17-13(7)16-5-8/h3-6,12H,1-2H2,(H,16,17,18). The van der Waals surface area contributed by atoms with E-state index in [1.54, 1.807) is 11.6 Å². The fourth-order valence-electron chi connectivity index (χ4n) is 2.03. The van der Waals surface area contributed by atoms with Crippen LogP contribution in [0.5, 0.6) is 0 Å². The molecule has 1 amide bonds. The van der Waals surface area contributed by atoms with Crippen LogP contribution in [0.4, 0.5) is 14.6 Å². The SMILES string of the molecule is O=C1CCc2cc(-c3csc(C(F)F)c3)cnc2N1. The first-order valence-electron chi connectivity index (χ1n) is 5.79. The van der Waals surface area contributed by atoms with E-state index in [1.165, 1.54) is 6.07 Å². The van der Waals surface area contributed by atoms with Gasteiger partial charge in [0.15, 0.2) is 0 Å². The smallest absolute Gasteiger partial charge is 0.272 e. The Morgan fingerprint density at radius 1 is 1.26 bits per heavy atom. The highest BCUT2D eigenvalue weighted by atomic mass is 32.1. The summed E-state index contributed by atoms with van der Waals surface area (Å²) in [5.41, 5.74) is 2.49. The van der Waals surface area contributed by atoms with E-state index < -0.39 is 6.43 Å². The van der Waals surface area contributed by atoms with Gasteiger partial charge in [0.1, 0.15) is 5.82 Å². The van der Waals surface area contributed by atoms with E-state index in [2.05, 4.69) is 10.3 Å². The van der Waals surface area contributed by atoms with Gasteiger partial charge in [-0.2, -0.15) is 0 Å². The molecule has 0 unspecified atom stereocenters. The third-order valence-corrected chi connectivity index (χ3v) is 3.95. The van der Waals surface area contributed by atoms with E-state index in [-0.39, 0.29) is 10.8 Å². The third kappa shape index (κ3) is 2.35. The van der Waals surface area contributed by atoms with Gasteiger partial charge in [0, 0.05) is 18.2 Å². The van der Waals surface area contributed by atoms with Gasteiger partial charge < -0.3 is 5.32 Å². The van der Waals surface area contributed by atoms with Crippen LogP contribution in [0.2, 0.25) is 0 Å². The first kappa shape index (κ1) is 12.2. The van der Waals surface area contributed by atoms with Crippen LogP contribution in [0.25, 0.3) is 11.1 Å². The number of hydrogen-bond acceptors (Lipinski definition) is 3. The molecule has 98 valence electrons. The lowest BCUT2D eigenvalue weighted by Crippen LogP contribution is -2.20. The molecule has 6 heteroatoms. The number of aromatic nitrogens is 1. The van der Waals surface area contributed by atoms with Crippen LogP contribution < -0.4 is 5.32 Å². The van der Waals surface area contributed by atoms with E-state index in [1.807, 2.05) is 6.07 Å². The largest absolute Gasteiger partial charge is 0.310 e. The van der Waals surface area contributed by atoms with Gasteiger partial charge in [-0.1, -0.05) is 0 Å². The number of nitrogens with zero attached hydrogens (tertiary/aromatic N) is 1. The summed E-state index contributed by atoms with van der Waals surface area (Å²) >= 11 is 1.04. The van der Waals surface area contributed by atoms with Crippen molar-refractivity contribution in [2.75, 3.05) is 5.32 Å². The van der Waals surface area contributed by atoms with E-state index in [9.17, 15) is 13.6 Å². The Labute approximate surface area is 112 Å². The van der Waals surface area contributed by atoms with E-state index in [0.29, 0.717) is 18.7 Å². The van der Waals surface area contributed by atoms with Gasteiger partial charge in [0.25, 0.3) is 6.43 Å². The average Bonchev–Trinajstić information content (AvgIpc) is 2.88. The van der Waals surface area contributed by atoms with Crippen LogP contribution in [0, 0.1) is 0 Å². The fraction of sp³-hybridized carbons (Fsp3) is 0.231. The zero-order chi connectivity index (χ0) is 13.4. The summed E-state index contributed by atoms with van der Waals surface area (Å²) < 4.78 is 25.1. The second kappa shape index (κ2) is 4.70. The Kier molecular flexibility index (Phi) is 3.02. The molecule has 0 radical (unpaired) electrons. The highest BCUT2D eigenvalue weighted by molar-refractivity contribution is 7.10. The van der Waals surface area contributed by atoms with E-state index in [0.717, 1.165) is 28.0 Å². The summed E-state index contributed by atoms with van der Waals surface area (Å²) in [7, 11) is 0. The maximum Gasteiger partial charge on any atom is 0.272 e. The highest BCUT2D eigenvalue weighted by Gasteiger charge is 2.17. The molecule has 1 aliphatic rings. The molecule has 3 heterocycles. The van der Waals surface area contributed by atoms with Crippen molar-refractivity contribution in [2.24, 2.45) is 0 Å². The van der Waals surface area contributed by atoms with Gasteiger partial charge in [-0.25, -0.2) is 13.8 Å². The predicted molar refractivity (Wildman–Crippen MR) is 69.5 cm³/mol. The van der Waals surface area contributed by atoms with Gasteiger partial charge in [-0.15, -0.1) is 11.3 Å². The van der Waals surface area contributed by atoms with Crippen molar-refractivity contribution < 1.29 is 13.6 Å². The topological polar surface area (TPSA) is 42.0 Å². The number of pyridine rings is 1. The molecule has 0 saturated carbocycles. The maximum atomic E-state index is 12.6. The molecule has 0 saturated heterocycles. The van der Waals surface area contributed by atoms with Crippen molar-refractivity contribution in [3.05, 3.63) is 34.2 Å². The lowest BCUT2D eigenvalue weighted by Gasteiger charge is -2.16. The van der Waals surface area contributed by atoms with E-state index in [4.69, 9.17) is 0 Å². The Morgan fingerprint density at radius 2 is 2.11 bits per heavy atom. The number of fused-ring (bicyclic) bond motifs is 1. The molecular weight excluding hydrogens is 270 g/mol. The molecule has 1 N–H and O–H groups in total. The van der Waals surface area contributed by atoms with Crippen LogP contribution in [-0.4, -0.2) is 10.9 Å². The minimum atomic E-state index is -2.44. The lowest BCUT2D eigenvalue weighted by atomic mass is 10.0. The van der Waals surface area contributed by atoms with Crippen LogP contribution >= 0.6 is 11.3 Å². The van der Waals surface area contributed by atoms with Gasteiger partial charge in [-0.3, -0.25) is 4.79 Å². The molecule has 3 rings (SSSR count). The second-order valence-corrected chi connectivity index (χ2v) is 5.26. The molecule has 0 spiro atoms. The van der Waals surface area contributed by atoms with Gasteiger partial charge in [0.2, 0.25) is 5.91 Å². The first-order chi connectivity index (χ1) is 9.13. The Morgan fingerprint density at radius 3 is 2.84 bits per heavy atom. The zero-order valence-corrected chi connectivity index (χ0v) is 10.6. The zero-order valence-electron chi connectivity index (χ0n) is 9.82. The molecule has 2 aromatic rings. The van der Waals surface area contributed by atoms with Crippen molar-refractivity contribution in [3.8, 4) is 11.1 Å². The number of thiophene rings is 1. The summed E-state index contributed by atoms with van der Waals surface area (Å²) in [4.78, 5) is 15.5. The van der Waals surface area contributed by atoms with Gasteiger partial charge in [0.05, 0.1) is 4.88 Å². The first-order valence-corrected chi connectivity index (χ1v) is 6.67. The Bertz CT molecular complexity index is 639.